The molecule has 0 saturated heterocycles. The van der Waals surface area contributed by atoms with Crippen LogP contribution in [0.5, 0.6) is 5.75 Å². The van der Waals surface area contributed by atoms with Crippen molar-refractivity contribution in [1.29, 1.82) is 5.26 Å². The van der Waals surface area contributed by atoms with E-state index in [0.717, 1.165) is 10.9 Å². The van der Waals surface area contributed by atoms with Gasteiger partial charge in [0.2, 0.25) is 5.91 Å². The zero-order chi connectivity index (χ0) is 13.2. The Hall–Kier alpha value is -1.54. The summed E-state index contributed by atoms with van der Waals surface area (Å²) in [5, 5.41) is 11.9. The quantitative estimate of drug-likeness (QED) is 0.933. The van der Waals surface area contributed by atoms with Crippen molar-refractivity contribution in [2.24, 2.45) is 5.41 Å². The number of amides is 1. The molecule has 0 aliphatic heterocycles. The number of rotatable bonds is 3. The average molecular weight is 309 g/mol. The Morgan fingerprint density at radius 1 is 1.56 bits per heavy atom. The molecule has 1 amide bonds. The van der Waals surface area contributed by atoms with Crippen LogP contribution in [0.2, 0.25) is 0 Å². The summed E-state index contributed by atoms with van der Waals surface area (Å²) in [6, 6.07) is 7.48. The van der Waals surface area contributed by atoms with Crippen LogP contribution in [0.25, 0.3) is 0 Å². The van der Waals surface area contributed by atoms with Crippen molar-refractivity contribution in [3.05, 3.63) is 22.7 Å². The van der Waals surface area contributed by atoms with Gasteiger partial charge in [0.15, 0.2) is 0 Å². The SMILES string of the molecule is COc1ccc(Br)cc1NC(=O)C1(C#N)CCC1. The van der Waals surface area contributed by atoms with Gasteiger partial charge in [-0.05, 0) is 37.5 Å². The minimum Gasteiger partial charge on any atom is -0.495 e. The van der Waals surface area contributed by atoms with Crippen LogP contribution in [-0.2, 0) is 4.79 Å². The molecule has 2 rings (SSSR count). The summed E-state index contributed by atoms with van der Waals surface area (Å²) in [6.07, 6.45) is 2.19. The number of nitrogens with one attached hydrogen (secondary N) is 1. The Bertz CT molecular complexity index is 518. The van der Waals surface area contributed by atoms with E-state index in [0.29, 0.717) is 24.3 Å². The molecule has 94 valence electrons. The van der Waals surface area contributed by atoms with E-state index in [1.165, 1.54) is 0 Å². The molecule has 1 aromatic carbocycles. The molecule has 1 saturated carbocycles. The first-order chi connectivity index (χ1) is 8.61. The first-order valence-corrected chi connectivity index (χ1v) is 6.47. The fourth-order valence-corrected chi connectivity index (χ4v) is 2.30. The summed E-state index contributed by atoms with van der Waals surface area (Å²) in [5.41, 5.74) is -0.272. The summed E-state index contributed by atoms with van der Waals surface area (Å²) in [7, 11) is 1.54. The van der Waals surface area contributed by atoms with Gasteiger partial charge >= 0.3 is 0 Å². The third kappa shape index (κ3) is 2.21. The molecule has 0 aromatic heterocycles. The highest BCUT2D eigenvalue weighted by Gasteiger charge is 2.44. The minimum absolute atomic E-state index is 0.243. The smallest absolute Gasteiger partial charge is 0.244 e. The Balaban J connectivity index is 2.21. The van der Waals surface area contributed by atoms with Gasteiger partial charge in [0.1, 0.15) is 11.2 Å². The Kier molecular flexibility index (Phi) is 3.58. The van der Waals surface area contributed by atoms with Crippen molar-refractivity contribution < 1.29 is 9.53 Å². The molecule has 0 radical (unpaired) electrons. The van der Waals surface area contributed by atoms with E-state index in [2.05, 4.69) is 27.3 Å². The van der Waals surface area contributed by atoms with Crippen molar-refractivity contribution in [1.82, 2.24) is 0 Å². The molecule has 1 aliphatic carbocycles. The van der Waals surface area contributed by atoms with Gasteiger partial charge in [-0.3, -0.25) is 4.79 Å². The van der Waals surface area contributed by atoms with Crippen molar-refractivity contribution >= 4 is 27.5 Å². The first kappa shape index (κ1) is 12.9. The number of carbonyl (C=O) groups is 1. The zero-order valence-electron chi connectivity index (χ0n) is 10.00. The third-order valence-electron chi connectivity index (χ3n) is 3.27. The molecular formula is C13H13BrN2O2. The second kappa shape index (κ2) is 4.99. The molecule has 4 nitrogen and oxygen atoms in total. The maximum absolute atomic E-state index is 12.1. The summed E-state index contributed by atoms with van der Waals surface area (Å²) < 4.78 is 6.03. The molecule has 0 heterocycles. The molecular weight excluding hydrogens is 296 g/mol. The van der Waals surface area contributed by atoms with Crippen LogP contribution in [0.4, 0.5) is 5.69 Å². The highest BCUT2D eigenvalue weighted by atomic mass is 79.9. The lowest BCUT2D eigenvalue weighted by Crippen LogP contribution is -2.40. The lowest BCUT2D eigenvalue weighted by Gasteiger charge is -2.33. The van der Waals surface area contributed by atoms with Crippen LogP contribution in [0.1, 0.15) is 19.3 Å². The van der Waals surface area contributed by atoms with Gasteiger partial charge in [-0.15, -0.1) is 0 Å². The number of hydrogen-bond acceptors (Lipinski definition) is 3. The lowest BCUT2D eigenvalue weighted by molar-refractivity contribution is -0.126. The van der Waals surface area contributed by atoms with Crippen molar-refractivity contribution in [2.45, 2.75) is 19.3 Å². The molecule has 18 heavy (non-hydrogen) atoms. The van der Waals surface area contributed by atoms with Crippen LogP contribution >= 0.6 is 15.9 Å². The van der Waals surface area contributed by atoms with E-state index in [1.54, 1.807) is 19.2 Å². The number of nitrogens with zero attached hydrogens (tertiary/aromatic N) is 1. The van der Waals surface area contributed by atoms with E-state index >= 15 is 0 Å². The number of hydrogen-bond donors (Lipinski definition) is 1. The Morgan fingerprint density at radius 2 is 2.28 bits per heavy atom. The van der Waals surface area contributed by atoms with Crippen molar-refractivity contribution in [3.63, 3.8) is 0 Å². The lowest BCUT2D eigenvalue weighted by atomic mass is 9.69. The first-order valence-electron chi connectivity index (χ1n) is 5.67. The van der Waals surface area contributed by atoms with Gasteiger partial charge in [-0.25, -0.2) is 0 Å². The Morgan fingerprint density at radius 3 is 2.78 bits per heavy atom. The monoisotopic (exact) mass is 308 g/mol. The predicted molar refractivity (Wildman–Crippen MR) is 71.2 cm³/mol. The van der Waals surface area contributed by atoms with Gasteiger partial charge in [-0.2, -0.15) is 5.26 Å². The second-order valence-corrected chi connectivity index (χ2v) is 5.26. The number of benzene rings is 1. The van der Waals surface area contributed by atoms with Gasteiger partial charge in [0, 0.05) is 4.47 Å². The fourth-order valence-electron chi connectivity index (χ4n) is 1.94. The number of nitriles is 1. The van der Waals surface area contributed by atoms with Crippen LogP contribution in [0.15, 0.2) is 22.7 Å². The van der Waals surface area contributed by atoms with Crippen LogP contribution < -0.4 is 10.1 Å². The predicted octanol–water partition coefficient (Wildman–Crippen LogP) is 3.09. The number of carbonyl (C=O) groups excluding carboxylic acids is 1. The maximum atomic E-state index is 12.1. The summed E-state index contributed by atoms with van der Waals surface area (Å²) >= 11 is 3.34. The van der Waals surface area contributed by atoms with E-state index in [9.17, 15) is 4.79 Å². The van der Waals surface area contributed by atoms with Crippen LogP contribution in [0, 0.1) is 16.7 Å². The molecule has 0 unspecified atom stereocenters. The molecule has 0 atom stereocenters. The topological polar surface area (TPSA) is 62.1 Å². The largest absolute Gasteiger partial charge is 0.495 e. The summed E-state index contributed by atoms with van der Waals surface area (Å²) in [6.45, 7) is 0. The normalized spacial score (nSPS) is 16.3. The summed E-state index contributed by atoms with van der Waals surface area (Å²) in [4.78, 5) is 12.1. The molecule has 1 aromatic rings. The van der Waals surface area contributed by atoms with E-state index in [1.807, 2.05) is 6.07 Å². The molecule has 5 heteroatoms. The van der Waals surface area contributed by atoms with Crippen LogP contribution in [0.3, 0.4) is 0 Å². The second-order valence-electron chi connectivity index (χ2n) is 4.35. The fraction of sp³-hybridized carbons (Fsp3) is 0.385. The van der Waals surface area contributed by atoms with Gasteiger partial charge in [0.25, 0.3) is 0 Å². The van der Waals surface area contributed by atoms with E-state index in [4.69, 9.17) is 10.00 Å². The molecule has 0 spiro atoms. The molecule has 1 fully saturated rings. The Labute approximate surface area is 114 Å². The highest BCUT2D eigenvalue weighted by Crippen LogP contribution is 2.42. The number of anilines is 1. The molecule has 1 N–H and O–H groups in total. The van der Waals surface area contributed by atoms with E-state index in [-0.39, 0.29) is 5.91 Å². The maximum Gasteiger partial charge on any atom is 0.244 e. The van der Waals surface area contributed by atoms with Crippen molar-refractivity contribution in [3.8, 4) is 11.8 Å². The molecule has 0 bridgehead atoms. The number of ether oxygens (including phenoxy) is 1. The third-order valence-corrected chi connectivity index (χ3v) is 3.76. The standard InChI is InChI=1S/C13H13BrN2O2/c1-18-11-4-3-9(14)7-10(11)16-12(17)13(8-15)5-2-6-13/h3-4,7H,2,5-6H2,1H3,(H,16,17). The average Bonchev–Trinajstić information content (AvgIpc) is 2.28. The van der Waals surface area contributed by atoms with Crippen LogP contribution in [-0.4, -0.2) is 13.0 Å². The number of halogens is 1. The van der Waals surface area contributed by atoms with Gasteiger partial charge < -0.3 is 10.1 Å². The van der Waals surface area contributed by atoms with E-state index < -0.39 is 5.41 Å². The minimum atomic E-state index is -0.854. The highest BCUT2D eigenvalue weighted by molar-refractivity contribution is 9.10. The molecule has 1 aliphatic rings. The van der Waals surface area contributed by atoms with Gasteiger partial charge in [-0.1, -0.05) is 15.9 Å². The zero-order valence-corrected chi connectivity index (χ0v) is 11.6. The summed E-state index contributed by atoms with van der Waals surface area (Å²) in [5.74, 6) is 0.339. The number of methoxy groups -OCH3 is 1. The van der Waals surface area contributed by atoms with Gasteiger partial charge in [0.05, 0.1) is 18.9 Å². The van der Waals surface area contributed by atoms with Crippen molar-refractivity contribution in [2.75, 3.05) is 12.4 Å².